The first-order chi connectivity index (χ1) is 23.3. The molecule has 3 aromatic heterocycles. The van der Waals surface area contributed by atoms with Crippen molar-refractivity contribution < 1.29 is 28.5 Å². The molecule has 1 aliphatic carbocycles. The molecule has 49 heavy (non-hydrogen) atoms. The monoisotopic (exact) mass is 762 g/mol. The Morgan fingerprint density at radius 1 is 1.08 bits per heavy atom. The lowest BCUT2D eigenvalue weighted by molar-refractivity contribution is -0.145. The Bertz CT molecular complexity index is 1990. The van der Waals surface area contributed by atoms with Crippen LogP contribution in [0.5, 0.6) is 23.1 Å². The van der Waals surface area contributed by atoms with Crippen molar-refractivity contribution in [1.82, 2.24) is 19.9 Å². The summed E-state index contributed by atoms with van der Waals surface area (Å²) >= 11 is 5.32. The molecule has 1 saturated carbocycles. The van der Waals surface area contributed by atoms with E-state index in [0.717, 1.165) is 27.7 Å². The van der Waals surface area contributed by atoms with Crippen LogP contribution in [0.15, 0.2) is 65.5 Å². The maximum absolute atomic E-state index is 12.7. The van der Waals surface area contributed by atoms with Crippen LogP contribution in [0.3, 0.4) is 0 Å². The van der Waals surface area contributed by atoms with Crippen molar-refractivity contribution >= 4 is 51.8 Å². The number of nitrogens with zero attached hydrogens (tertiary/aromatic N) is 4. The summed E-state index contributed by atoms with van der Waals surface area (Å²) < 4.78 is 25.5. The van der Waals surface area contributed by atoms with E-state index in [1.165, 1.54) is 11.2 Å². The molecule has 0 saturated heterocycles. The highest BCUT2D eigenvalue weighted by molar-refractivity contribution is 9.10. The predicted octanol–water partition coefficient (Wildman–Crippen LogP) is 8.83. The second-order valence-corrected chi connectivity index (χ2v) is 20.1. The van der Waals surface area contributed by atoms with E-state index >= 15 is 0 Å². The molecule has 1 fully saturated rings. The zero-order valence-corrected chi connectivity index (χ0v) is 31.7. The molecular formula is C36H39BrN4O6SSi. The van der Waals surface area contributed by atoms with Gasteiger partial charge in [-0.05, 0) is 89.2 Å². The van der Waals surface area contributed by atoms with E-state index in [1.807, 2.05) is 42.5 Å². The smallest absolute Gasteiger partial charge is 0.345 e. The number of rotatable bonds is 13. The summed E-state index contributed by atoms with van der Waals surface area (Å²) in [6, 6.07) is 14.9. The van der Waals surface area contributed by atoms with Crippen LogP contribution in [0.1, 0.15) is 55.7 Å². The molecule has 3 heterocycles. The minimum atomic E-state index is -2.20. The number of carboxylic acid groups (broad SMARTS) is 1. The highest BCUT2D eigenvalue weighted by Gasteiger charge is 2.39. The van der Waals surface area contributed by atoms with E-state index in [4.69, 9.17) is 23.6 Å². The molecule has 0 aliphatic heterocycles. The first-order valence-corrected chi connectivity index (χ1v) is 20.6. The molecule has 256 valence electrons. The Morgan fingerprint density at radius 3 is 2.57 bits per heavy atom. The van der Waals surface area contributed by atoms with Gasteiger partial charge < -0.3 is 23.7 Å². The fourth-order valence-electron chi connectivity index (χ4n) is 5.06. The van der Waals surface area contributed by atoms with Crippen molar-refractivity contribution in [2.45, 2.75) is 76.8 Å². The van der Waals surface area contributed by atoms with Crippen molar-refractivity contribution in [3.8, 4) is 34.5 Å². The summed E-state index contributed by atoms with van der Waals surface area (Å²) in [6.45, 7) is 11.0. The highest BCUT2D eigenvalue weighted by atomic mass is 79.9. The van der Waals surface area contributed by atoms with Gasteiger partial charge in [0.15, 0.2) is 5.82 Å². The van der Waals surface area contributed by atoms with Gasteiger partial charge in [0, 0.05) is 27.5 Å². The van der Waals surface area contributed by atoms with Gasteiger partial charge in [-0.25, -0.2) is 24.7 Å². The van der Waals surface area contributed by atoms with Crippen molar-refractivity contribution in [3.05, 3.63) is 81.7 Å². The fraction of sp³-hybridized carbons (Fsp3) is 0.361. The molecule has 0 spiro atoms. The van der Waals surface area contributed by atoms with Crippen LogP contribution < -0.4 is 18.6 Å². The number of hydrogen-bond acceptors (Lipinski definition) is 10. The summed E-state index contributed by atoms with van der Waals surface area (Å²) in [6.07, 6.45) is 4.08. The van der Waals surface area contributed by atoms with Gasteiger partial charge in [-0.3, -0.25) is 0 Å². The number of methoxy groups -OCH3 is 1. The van der Waals surface area contributed by atoms with Crippen molar-refractivity contribution in [2.24, 2.45) is 0 Å². The van der Waals surface area contributed by atoms with Crippen LogP contribution in [0.2, 0.25) is 18.1 Å². The van der Waals surface area contributed by atoms with Crippen molar-refractivity contribution in [2.75, 3.05) is 7.11 Å². The maximum atomic E-state index is 12.7. The number of aromatic nitrogens is 4. The standard InChI is InChI=1S/C36H39BrN4O6SSi/c1-36(2,3)49(5,6)47-24-13-14-26(45-19-23-15-16-38-32(41-23)25-9-7-8-10-27(25)44-4)22(17-24)18-28(35(42)43)46-33-29-30(37)31(21-11-12-21)48-34(29)40-20-39-33/h7-10,13-17,20-21,28H,11-12,18-19H2,1-6H3,(H,42,43). The Kier molecular flexibility index (Phi) is 9.97. The summed E-state index contributed by atoms with van der Waals surface area (Å²) in [7, 11) is -0.593. The number of para-hydroxylation sites is 1. The Balaban J connectivity index is 1.30. The largest absolute Gasteiger partial charge is 0.543 e. The third-order valence-electron chi connectivity index (χ3n) is 8.95. The first-order valence-electron chi connectivity index (χ1n) is 16.1. The van der Waals surface area contributed by atoms with E-state index in [0.29, 0.717) is 45.6 Å². The average Bonchev–Trinajstić information content (AvgIpc) is 3.85. The van der Waals surface area contributed by atoms with Crippen LogP contribution in [0, 0.1) is 0 Å². The molecule has 0 bridgehead atoms. The van der Waals surface area contributed by atoms with Gasteiger partial charge in [0.2, 0.25) is 20.3 Å². The summed E-state index contributed by atoms with van der Waals surface area (Å²) in [5, 5.41) is 11.1. The highest BCUT2D eigenvalue weighted by Crippen LogP contribution is 2.51. The minimum Gasteiger partial charge on any atom is -0.543 e. The number of fused-ring (bicyclic) bond motifs is 1. The lowest BCUT2D eigenvalue weighted by Gasteiger charge is -2.36. The second-order valence-electron chi connectivity index (χ2n) is 13.6. The number of benzene rings is 2. The van der Waals surface area contributed by atoms with Crippen LogP contribution in [-0.4, -0.2) is 52.5 Å². The maximum Gasteiger partial charge on any atom is 0.345 e. The van der Waals surface area contributed by atoms with Crippen LogP contribution in [-0.2, 0) is 17.8 Å². The van der Waals surface area contributed by atoms with Gasteiger partial charge in [0.05, 0.1) is 23.8 Å². The summed E-state index contributed by atoms with van der Waals surface area (Å²) in [5.74, 6) is 1.91. The molecule has 0 radical (unpaired) electrons. The molecule has 0 amide bonds. The van der Waals surface area contributed by atoms with Crippen molar-refractivity contribution in [3.63, 3.8) is 0 Å². The van der Waals surface area contributed by atoms with Gasteiger partial charge in [-0.1, -0.05) is 32.9 Å². The lowest BCUT2D eigenvalue weighted by Crippen LogP contribution is -2.43. The molecule has 1 unspecified atom stereocenters. The molecule has 2 aromatic carbocycles. The molecular weight excluding hydrogens is 724 g/mol. The number of carbonyl (C=O) groups is 1. The van der Waals surface area contributed by atoms with E-state index in [1.54, 1.807) is 30.7 Å². The Labute approximate surface area is 299 Å². The first kappa shape index (κ1) is 34.8. The number of ether oxygens (including phenoxy) is 3. The van der Waals surface area contributed by atoms with Crippen LogP contribution in [0.25, 0.3) is 21.6 Å². The third kappa shape index (κ3) is 7.73. The number of carboxylic acids is 1. The fourth-order valence-corrected chi connectivity index (χ4v) is 8.33. The van der Waals surface area contributed by atoms with Crippen molar-refractivity contribution in [1.29, 1.82) is 0 Å². The average molecular weight is 764 g/mol. The van der Waals surface area contributed by atoms with Crippen LogP contribution in [0.4, 0.5) is 0 Å². The van der Waals surface area contributed by atoms with E-state index in [2.05, 4.69) is 64.7 Å². The number of halogens is 1. The number of hydrogen-bond donors (Lipinski definition) is 1. The predicted molar refractivity (Wildman–Crippen MR) is 195 cm³/mol. The van der Waals surface area contributed by atoms with Gasteiger partial charge in [-0.2, -0.15) is 0 Å². The molecule has 13 heteroatoms. The quantitative estimate of drug-likeness (QED) is 0.116. The molecule has 1 aliphatic rings. The molecule has 6 rings (SSSR count). The van der Waals surface area contributed by atoms with Gasteiger partial charge >= 0.3 is 5.97 Å². The topological polar surface area (TPSA) is 126 Å². The van der Waals surface area contributed by atoms with Crippen LogP contribution >= 0.6 is 27.3 Å². The minimum absolute atomic E-state index is 0.00165. The van der Waals surface area contributed by atoms with E-state index in [-0.39, 0.29) is 23.9 Å². The number of thiophene rings is 1. The van der Waals surface area contributed by atoms with Gasteiger partial charge in [0.25, 0.3) is 0 Å². The Hall–Kier alpha value is -4.07. The Morgan fingerprint density at radius 2 is 1.86 bits per heavy atom. The number of aliphatic carboxylic acids is 1. The zero-order chi connectivity index (χ0) is 34.9. The molecule has 10 nitrogen and oxygen atoms in total. The van der Waals surface area contributed by atoms with Gasteiger partial charge in [0.1, 0.15) is 35.0 Å². The third-order valence-corrected chi connectivity index (χ3v) is 15.7. The molecule has 1 atom stereocenters. The van der Waals surface area contributed by atoms with E-state index in [9.17, 15) is 9.90 Å². The second kappa shape index (κ2) is 14.0. The lowest BCUT2D eigenvalue weighted by atomic mass is 10.1. The van der Waals surface area contributed by atoms with Gasteiger partial charge in [-0.15, -0.1) is 11.3 Å². The van der Waals surface area contributed by atoms with E-state index < -0.39 is 20.4 Å². The molecule has 5 aromatic rings. The SMILES string of the molecule is COc1ccccc1-c1nccc(COc2ccc(O[Si](C)(C)C(C)(C)C)cc2CC(Oc2ncnc3sc(C4CC4)c(Br)c23)C(=O)O)n1. The summed E-state index contributed by atoms with van der Waals surface area (Å²) in [4.78, 5) is 32.7. The zero-order valence-electron chi connectivity index (χ0n) is 28.3. The molecule has 1 N–H and O–H groups in total. The summed E-state index contributed by atoms with van der Waals surface area (Å²) in [5.41, 5.74) is 2.03. The normalized spacial score (nSPS) is 14.0.